The molecule has 0 saturated heterocycles. The molecule has 0 saturated carbocycles. The molecular formula is C22H25NO3. The lowest BCUT2D eigenvalue weighted by atomic mass is 9.90. The van der Waals surface area contributed by atoms with Gasteiger partial charge in [0.2, 0.25) is 0 Å². The van der Waals surface area contributed by atoms with Crippen molar-refractivity contribution in [2.45, 2.75) is 45.3 Å². The predicted molar refractivity (Wildman–Crippen MR) is 101 cm³/mol. The Hall–Kier alpha value is -2.62. The van der Waals surface area contributed by atoms with Crippen molar-refractivity contribution in [2.75, 3.05) is 7.05 Å². The summed E-state index contributed by atoms with van der Waals surface area (Å²) in [6.45, 7) is 2.11. The normalized spacial score (nSPS) is 14.2. The lowest BCUT2D eigenvalue weighted by Gasteiger charge is -2.22. The zero-order chi connectivity index (χ0) is 18.5. The first-order valence-corrected chi connectivity index (χ1v) is 9.16. The number of ether oxygens (including phenoxy) is 1. The largest absolute Gasteiger partial charge is 0.449 e. The van der Waals surface area contributed by atoms with Crippen molar-refractivity contribution in [3.05, 3.63) is 70.8 Å². The number of amides is 1. The molecule has 4 nitrogen and oxygen atoms in total. The summed E-state index contributed by atoms with van der Waals surface area (Å²) in [6.07, 6.45) is 3.63. The molecule has 0 aliphatic heterocycles. The first-order chi connectivity index (χ1) is 12.5. The molecule has 0 spiro atoms. The molecule has 0 N–H and O–H groups in total. The lowest BCUT2D eigenvalue weighted by Crippen LogP contribution is -2.37. The summed E-state index contributed by atoms with van der Waals surface area (Å²) in [7, 11) is 1.72. The molecule has 1 aliphatic rings. The van der Waals surface area contributed by atoms with Gasteiger partial charge >= 0.3 is 5.97 Å². The summed E-state index contributed by atoms with van der Waals surface area (Å²) in [6, 6.07) is 15.5. The number of carbonyl (C=O) groups is 2. The van der Waals surface area contributed by atoms with Gasteiger partial charge in [0.15, 0.2) is 6.10 Å². The molecule has 26 heavy (non-hydrogen) atoms. The zero-order valence-electron chi connectivity index (χ0n) is 15.4. The van der Waals surface area contributed by atoms with Crippen LogP contribution in [0.3, 0.4) is 0 Å². The monoisotopic (exact) mass is 351 g/mol. The minimum atomic E-state index is -0.813. The Labute approximate surface area is 154 Å². The molecule has 0 aromatic heterocycles. The van der Waals surface area contributed by atoms with E-state index in [9.17, 15) is 9.59 Å². The number of fused-ring (bicyclic) bond motifs is 1. The summed E-state index contributed by atoms with van der Waals surface area (Å²) in [4.78, 5) is 26.5. The molecule has 0 fully saturated rings. The van der Waals surface area contributed by atoms with Gasteiger partial charge < -0.3 is 9.64 Å². The predicted octanol–water partition coefficient (Wildman–Crippen LogP) is 3.77. The Kier molecular flexibility index (Phi) is 5.71. The Bertz CT molecular complexity index is 785. The second kappa shape index (κ2) is 8.17. The molecule has 0 heterocycles. The molecule has 2 aromatic carbocycles. The average molecular weight is 351 g/mol. The van der Waals surface area contributed by atoms with Crippen LogP contribution in [-0.2, 0) is 28.9 Å². The Morgan fingerprint density at radius 3 is 2.46 bits per heavy atom. The first kappa shape index (κ1) is 18.2. The summed E-state index contributed by atoms with van der Waals surface area (Å²) in [5.41, 5.74) is 4.11. The van der Waals surface area contributed by atoms with Crippen LogP contribution >= 0.6 is 0 Å². The Morgan fingerprint density at radius 1 is 1.04 bits per heavy atom. The van der Waals surface area contributed by atoms with Gasteiger partial charge in [-0.05, 0) is 61.4 Å². The second-order valence-electron chi connectivity index (χ2n) is 6.92. The van der Waals surface area contributed by atoms with E-state index in [0.717, 1.165) is 24.8 Å². The number of nitrogens with zero attached hydrogens (tertiary/aromatic N) is 1. The zero-order valence-corrected chi connectivity index (χ0v) is 15.4. The SMILES string of the molecule is C[C@H](OC(=O)c1ccc2c(c1)CCCC2)C(=O)N(C)Cc1ccccc1. The Balaban J connectivity index is 1.60. The highest BCUT2D eigenvalue weighted by Crippen LogP contribution is 2.22. The van der Waals surface area contributed by atoms with Crippen molar-refractivity contribution >= 4 is 11.9 Å². The van der Waals surface area contributed by atoms with Gasteiger partial charge in [0.05, 0.1) is 5.56 Å². The fourth-order valence-corrected chi connectivity index (χ4v) is 3.38. The van der Waals surface area contributed by atoms with E-state index in [2.05, 4.69) is 0 Å². The number of hydrogen-bond acceptors (Lipinski definition) is 3. The molecule has 2 aromatic rings. The van der Waals surface area contributed by atoms with E-state index in [0.29, 0.717) is 12.1 Å². The van der Waals surface area contributed by atoms with E-state index in [-0.39, 0.29) is 5.91 Å². The van der Waals surface area contributed by atoms with Crippen LogP contribution in [0.2, 0.25) is 0 Å². The van der Waals surface area contributed by atoms with Gasteiger partial charge in [0.1, 0.15) is 0 Å². The van der Waals surface area contributed by atoms with Crippen LogP contribution in [-0.4, -0.2) is 29.9 Å². The van der Waals surface area contributed by atoms with Crippen LogP contribution in [0.4, 0.5) is 0 Å². The number of hydrogen-bond donors (Lipinski definition) is 0. The molecule has 1 amide bonds. The molecule has 1 aliphatic carbocycles. The van der Waals surface area contributed by atoms with Crippen molar-refractivity contribution < 1.29 is 14.3 Å². The molecule has 3 rings (SSSR count). The van der Waals surface area contributed by atoms with Crippen LogP contribution in [0.5, 0.6) is 0 Å². The minimum absolute atomic E-state index is 0.208. The van der Waals surface area contributed by atoms with Crippen molar-refractivity contribution in [2.24, 2.45) is 0 Å². The van der Waals surface area contributed by atoms with Crippen LogP contribution < -0.4 is 0 Å². The number of carbonyl (C=O) groups excluding carboxylic acids is 2. The van der Waals surface area contributed by atoms with E-state index in [1.165, 1.54) is 17.5 Å². The maximum Gasteiger partial charge on any atom is 0.338 e. The smallest absolute Gasteiger partial charge is 0.338 e. The van der Waals surface area contributed by atoms with Crippen molar-refractivity contribution in [1.29, 1.82) is 0 Å². The highest BCUT2D eigenvalue weighted by molar-refractivity contribution is 5.92. The number of esters is 1. The van der Waals surface area contributed by atoms with Gasteiger partial charge in [-0.2, -0.15) is 0 Å². The second-order valence-corrected chi connectivity index (χ2v) is 6.92. The highest BCUT2D eigenvalue weighted by Gasteiger charge is 2.23. The van der Waals surface area contributed by atoms with Gasteiger partial charge in [0, 0.05) is 13.6 Å². The topological polar surface area (TPSA) is 46.6 Å². The molecule has 4 heteroatoms. The standard InChI is InChI=1S/C22H25NO3/c1-16(21(24)23(2)15-17-8-4-3-5-9-17)26-22(25)20-13-12-18-10-6-7-11-19(18)14-20/h3-5,8-9,12-14,16H,6-7,10-11,15H2,1-2H3/t16-/m0/s1. The van der Waals surface area contributed by atoms with Gasteiger partial charge in [-0.25, -0.2) is 4.79 Å². The molecule has 0 radical (unpaired) electrons. The van der Waals surface area contributed by atoms with Gasteiger partial charge in [-0.15, -0.1) is 0 Å². The fraction of sp³-hybridized carbons (Fsp3) is 0.364. The van der Waals surface area contributed by atoms with Crippen LogP contribution in [0, 0.1) is 0 Å². The average Bonchev–Trinajstić information content (AvgIpc) is 2.67. The van der Waals surface area contributed by atoms with Crippen LogP contribution in [0.1, 0.15) is 46.8 Å². The van der Waals surface area contributed by atoms with E-state index >= 15 is 0 Å². The summed E-state index contributed by atoms with van der Waals surface area (Å²) < 4.78 is 5.42. The maximum atomic E-state index is 12.5. The molecular weight excluding hydrogens is 326 g/mol. The molecule has 1 atom stereocenters. The summed E-state index contributed by atoms with van der Waals surface area (Å²) >= 11 is 0. The van der Waals surface area contributed by atoms with Gasteiger partial charge in [-0.1, -0.05) is 36.4 Å². The highest BCUT2D eigenvalue weighted by atomic mass is 16.5. The fourth-order valence-electron chi connectivity index (χ4n) is 3.38. The van der Waals surface area contributed by atoms with Crippen LogP contribution in [0.25, 0.3) is 0 Å². The minimum Gasteiger partial charge on any atom is -0.449 e. The Morgan fingerprint density at radius 2 is 1.73 bits per heavy atom. The van der Waals surface area contributed by atoms with E-state index < -0.39 is 12.1 Å². The van der Waals surface area contributed by atoms with Crippen molar-refractivity contribution in [3.63, 3.8) is 0 Å². The summed E-state index contributed by atoms with van der Waals surface area (Å²) in [5, 5.41) is 0. The molecule has 0 bridgehead atoms. The molecule has 136 valence electrons. The van der Waals surface area contributed by atoms with Crippen LogP contribution in [0.15, 0.2) is 48.5 Å². The van der Waals surface area contributed by atoms with Crippen molar-refractivity contribution in [1.82, 2.24) is 4.90 Å². The third-order valence-corrected chi connectivity index (χ3v) is 4.85. The quantitative estimate of drug-likeness (QED) is 0.771. The lowest BCUT2D eigenvalue weighted by molar-refractivity contribution is -0.139. The summed E-state index contributed by atoms with van der Waals surface area (Å²) in [5.74, 6) is -0.646. The first-order valence-electron chi connectivity index (χ1n) is 9.16. The number of benzene rings is 2. The maximum absolute atomic E-state index is 12.5. The van der Waals surface area contributed by atoms with E-state index in [4.69, 9.17) is 4.74 Å². The number of likely N-dealkylation sites (N-methyl/N-ethyl adjacent to an activating group) is 1. The number of aryl methyl sites for hydroxylation is 2. The third kappa shape index (κ3) is 4.31. The number of rotatable bonds is 5. The van der Waals surface area contributed by atoms with E-state index in [1.54, 1.807) is 24.9 Å². The van der Waals surface area contributed by atoms with Gasteiger partial charge in [-0.3, -0.25) is 4.79 Å². The third-order valence-electron chi connectivity index (χ3n) is 4.85. The molecule has 0 unspecified atom stereocenters. The van der Waals surface area contributed by atoms with Gasteiger partial charge in [0.25, 0.3) is 5.91 Å². The van der Waals surface area contributed by atoms with E-state index in [1.807, 2.05) is 42.5 Å². The van der Waals surface area contributed by atoms with Crippen molar-refractivity contribution in [3.8, 4) is 0 Å².